The zero-order valence-corrected chi connectivity index (χ0v) is 8.99. The fourth-order valence-electron chi connectivity index (χ4n) is 1.33. The molecule has 1 saturated heterocycles. The van der Waals surface area contributed by atoms with Gasteiger partial charge in [0.15, 0.2) is 0 Å². The molecule has 14 heavy (non-hydrogen) atoms. The molecule has 4 N–H and O–H groups in total. The summed E-state index contributed by atoms with van der Waals surface area (Å²) >= 11 is 0. The van der Waals surface area contributed by atoms with Gasteiger partial charge in [0.2, 0.25) is 0 Å². The Kier molecular flexibility index (Phi) is 3.01. The van der Waals surface area contributed by atoms with Crippen LogP contribution in [-0.2, 0) is 4.74 Å². The van der Waals surface area contributed by atoms with Gasteiger partial charge < -0.3 is 21.1 Å². The van der Waals surface area contributed by atoms with Crippen LogP contribution in [-0.4, -0.2) is 41.8 Å². The number of nitrogens with zero attached hydrogens (tertiary/aromatic N) is 1. The zero-order chi connectivity index (χ0) is 10.9. The number of hydrogen-bond donors (Lipinski definition) is 2. The van der Waals surface area contributed by atoms with Crippen molar-refractivity contribution in [2.75, 3.05) is 13.1 Å². The minimum absolute atomic E-state index is 0.137. The van der Waals surface area contributed by atoms with E-state index in [9.17, 15) is 4.79 Å². The topological polar surface area (TPSA) is 81.6 Å². The van der Waals surface area contributed by atoms with Crippen LogP contribution >= 0.6 is 0 Å². The van der Waals surface area contributed by atoms with E-state index < -0.39 is 5.60 Å². The quantitative estimate of drug-likeness (QED) is 0.573. The molecule has 1 fully saturated rings. The molecule has 0 spiro atoms. The molecule has 5 nitrogen and oxygen atoms in total. The van der Waals surface area contributed by atoms with Gasteiger partial charge in [0.1, 0.15) is 5.60 Å². The average molecular weight is 201 g/mol. The monoisotopic (exact) mass is 201 g/mol. The summed E-state index contributed by atoms with van der Waals surface area (Å²) in [5.41, 5.74) is 10.9. The summed E-state index contributed by atoms with van der Waals surface area (Å²) in [7, 11) is 0. The van der Waals surface area contributed by atoms with E-state index in [0.717, 1.165) is 0 Å². The van der Waals surface area contributed by atoms with Gasteiger partial charge >= 0.3 is 6.09 Å². The van der Waals surface area contributed by atoms with Crippen LogP contribution in [0.2, 0.25) is 0 Å². The third-order valence-electron chi connectivity index (χ3n) is 2.06. The molecule has 1 rings (SSSR count). The normalized spacial score (nSPS) is 27.9. The van der Waals surface area contributed by atoms with Gasteiger partial charge in [-0.05, 0) is 20.8 Å². The summed E-state index contributed by atoms with van der Waals surface area (Å²) in [5.74, 6) is 0. The van der Waals surface area contributed by atoms with Gasteiger partial charge in [0.05, 0.1) is 0 Å². The van der Waals surface area contributed by atoms with Crippen molar-refractivity contribution in [3.8, 4) is 0 Å². The van der Waals surface area contributed by atoms with Gasteiger partial charge in [0.25, 0.3) is 0 Å². The molecule has 1 aliphatic rings. The summed E-state index contributed by atoms with van der Waals surface area (Å²) in [6, 6.07) is -0.273. The van der Waals surface area contributed by atoms with Gasteiger partial charge in [-0.3, -0.25) is 0 Å². The van der Waals surface area contributed by atoms with E-state index in [-0.39, 0.29) is 18.2 Å². The Morgan fingerprint density at radius 3 is 2.07 bits per heavy atom. The molecule has 1 heterocycles. The summed E-state index contributed by atoms with van der Waals surface area (Å²) in [6.45, 7) is 6.47. The van der Waals surface area contributed by atoms with E-state index in [0.29, 0.717) is 13.1 Å². The first-order chi connectivity index (χ1) is 6.29. The maximum Gasteiger partial charge on any atom is 0.410 e. The Labute approximate surface area is 84.4 Å². The van der Waals surface area contributed by atoms with E-state index in [1.54, 1.807) is 4.90 Å². The predicted octanol–water partition coefficient (Wildman–Crippen LogP) is -0.108. The van der Waals surface area contributed by atoms with E-state index >= 15 is 0 Å². The molecular formula is C9H19N3O2. The number of carbonyl (C=O) groups excluding carboxylic acids is 1. The number of rotatable bonds is 0. The van der Waals surface area contributed by atoms with E-state index in [1.807, 2.05) is 20.8 Å². The van der Waals surface area contributed by atoms with Crippen molar-refractivity contribution in [2.24, 2.45) is 11.5 Å². The first-order valence-electron chi connectivity index (χ1n) is 4.78. The van der Waals surface area contributed by atoms with Crippen LogP contribution in [0, 0.1) is 0 Å². The first kappa shape index (κ1) is 11.3. The van der Waals surface area contributed by atoms with Crippen LogP contribution in [0.5, 0.6) is 0 Å². The lowest BCUT2D eigenvalue weighted by Crippen LogP contribution is -2.39. The largest absolute Gasteiger partial charge is 0.444 e. The second kappa shape index (κ2) is 3.74. The van der Waals surface area contributed by atoms with E-state index in [4.69, 9.17) is 16.2 Å². The second-order valence-electron chi connectivity index (χ2n) is 4.71. The Hall–Kier alpha value is -0.810. The standard InChI is InChI=1S/C9H19N3O2/c1-9(2,3)14-8(13)12-4-6(10)7(11)5-12/h6-7H,4-5,10-11H2,1-3H3/t6-,7-/m1/s1. The average Bonchev–Trinajstić information content (AvgIpc) is 2.28. The fraction of sp³-hybridized carbons (Fsp3) is 0.889. The SMILES string of the molecule is CC(C)(C)OC(=O)N1C[C@@H](N)[C@H](N)C1. The number of ether oxygens (including phenoxy) is 1. The minimum atomic E-state index is -0.464. The molecule has 0 aromatic carbocycles. The van der Waals surface area contributed by atoms with Crippen molar-refractivity contribution in [1.82, 2.24) is 4.90 Å². The van der Waals surface area contributed by atoms with Crippen molar-refractivity contribution < 1.29 is 9.53 Å². The molecule has 82 valence electrons. The molecule has 1 amide bonds. The highest BCUT2D eigenvalue weighted by atomic mass is 16.6. The lowest BCUT2D eigenvalue weighted by molar-refractivity contribution is 0.0290. The van der Waals surface area contributed by atoms with Crippen molar-refractivity contribution >= 4 is 6.09 Å². The first-order valence-corrected chi connectivity index (χ1v) is 4.78. The smallest absolute Gasteiger partial charge is 0.410 e. The molecule has 0 bridgehead atoms. The van der Waals surface area contributed by atoms with Crippen molar-refractivity contribution in [1.29, 1.82) is 0 Å². The fourth-order valence-corrected chi connectivity index (χ4v) is 1.33. The summed E-state index contributed by atoms with van der Waals surface area (Å²) < 4.78 is 5.19. The number of hydrogen-bond acceptors (Lipinski definition) is 4. The van der Waals surface area contributed by atoms with Gasteiger partial charge in [-0.1, -0.05) is 0 Å². The second-order valence-corrected chi connectivity index (χ2v) is 4.71. The molecule has 0 aliphatic carbocycles. The molecule has 1 aliphatic heterocycles. The molecule has 0 aromatic heterocycles. The summed E-state index contributed by atoms with van der Waals surface area (Å²) in [5, 5.41) is 0. The van der Waals surface area contributed by atoms with Crippen molar-refractivity contribution in [3.05, 3.63) is 0 Å². The van der Waals surface area contributed by atoms with Crippen LogP contribution in [0.25, 0.3) is 0 Å². The van der Waals surface area contributed by atoms with Crippen LogP contribution in [0.15, 0.2) is 0 Å². The van der Waals surface area contributed by atoms with Crippen LogP contribution in [0.3, 0.4) is 0 Å². The highest BCUT2D eigenvalue weighted by molar-refractivity contribution is 5.68. The van der Waals surface area contributed by atoms with Crippen LogP contribution < -0.4 is 11.5 Å². The Bertz CT molecular complexity index is 215. The number of amides is 1. The van der Waals surface area contributed by atoms with Gasteiger partial charge in [-0.25, -0.2) is 4.79 Å². The molecule has 0 saturated carbocycles. The number of nitrogens with two attached hydrogens (primary N) is 2. The number of carbonyl (C=O) groups is 1. The number of likely N-dealkylation sites (tertiary alicyclic amines) is 1. The Morgan fingerprint density at radius 1 is 1.29 bits per heavy atom. The Balaban J connectivity index is 2.48. The molecular weight excluding hydrogens is 182 g/mol. The Morgan fingerprint density at radius 2 is 1.71 bits per heavy atom. The predicted molar refractivity (Wildman–Crippen MR) is 53.8 cm³/mol. The summed E-state index contributed by atoms with van der Waals surface area (Å²) in [6.07, 6.45) is -0.332. The molecule has 2 atom stereocenters. The molecule has 5 heteroatoms. The zero-order valence-electron chi connectivity index (χ0n) is 8.99. The molecule has 0 unspecified atom stereocenters. The maximum atomic E-state index is 11.5. The molecule has 0 radical (unpaired) electrons. The maximum absolute atomic E-state index is 11.5. The van der Waals surface area contributed by atoms with Gasteiger partial charge in [-0.2, -0.15) is 0 Å². The third kappa shape index (κ3) is 2.85. The third-order valence-corrected chi connectivity index (χ3v) is 2.06. The minimum Gasteiger partial charge on any atom is -0.444 e. The van der Waals surface area contributed by atoms with Crippen LogP contribution in [0.4, 0.5) is 4.79 Å². The van der Waals surface area contributed by atoms with Crippen molar-refractivity contribution in [3.63, 3.8) is 0 Å². The van der Waals surface area contributed by atoms with E-state index in [1.165, 1.54) is 0 Å². The van der Waals surface area contributed by atoms with E-state index in [2.05, 4.69) is 0 Å². The lowest BCUT2D eigenvalue weighted by Gasteiger charge is -2.24. The molecule has 0 aromatic rings. The lowest BCUT2D eigenvalue weighted by atomic mass is 10.2. The highest BCUT2D eigenvalue weighted by Crippen LogP contribution is 2.13. The van der Waals surface area contributed by atoms with Gasteiger partial charge in [-0.15, -0.1) is 0 Å². The highest BCUT2D eigenvalue weighted by Gasteiger charge is 2.32. The van der Waals surface area contributed by atoms with Crippen LogP contribution in [0.1, 0.15) is 20.8 Å². The van der Waals surface area contributed by atoms with Crippen molar-refractivity contribution in [2.45, 2.75) is 38.5 Å². The summed E-state index contributed by atoms with van der Waals surface area (Å²) in [4.78, 5) is 13.1. The van der Waals surface area contributed by atoms with Gasteiger partial charge in [0, 0.05) is 25.2 Å².